The first-order valence-corrected chi connectivity index (χ1v) is 12.6. The van der Waals surface area contributed by atoms with Gasteiger partial charge in [0.15, 0.2) is 0 Å². The van der Waals surface area contributed by atoms with E-state index in [0.29, 0.717) is 31.0 Å². The summed E-state index contributed by atoms with van der Waals surface area (Å²) in [6.07, 6.45) is 0. The minimum Gasteiger partial charge on any atom is -0.336 e. The van der Waals surface area contributed by atoms with Crippen LogP contribution in [0.3, 0.4) is 0 Å². The maximum Gasteiger partial charge on any atom is 0.253 e. The molecule has 5 nitrogen and oxygen atoms in total. The smallest absolute Gasteiger partial charge is 0.253 e. The van der Waals surface area contributed by atoms with Crippen molar-refractivity contribution in [2.75, 3.05) is 45.0 Å². The molecule has 2 aliphatic heterocycles. The van der Waals surface area contributed by atoms with Gasteiger partial charge in [0, 0.05) is 44.8 Å². The number of piperazine rings is 1. The first-order valence-electron chi connectivity index (χ1n) is 11.5. The molecule has 0 N–H and O–H groups in total. The topological polar surface area (TPSA) is 43.9 Å². The van der Waals surface area contributed by atoms with Crippen molar-refractivity contribution >= 4 is 23.6 Å². The molecule has 4 rings (SSSR count). The Hall–Kier alpha value is -2.38. The van der Waals surface area contributed by atoms with Gasteiger partial charge in [0.1, 0.15) is 11.2 Å². The van der Waals surface area contributed by atoms with Crippen LogP contribution in [0.5, 0.6) is 0 Å². The highest BCUT2D eigenvalue weighted by Gasteiger charge is 2.33. The van der Waals surface area contributed by atoms with Gasteiger partial charge in [-0.2, -0.15) is 0 Å². The molecule has 0 aromatic heterocycles. The Morgan fingerprint density at radius 3 is 2.21 bits per heavy atom. The zero-order chi connectivity index (χ0) is 23.6. The molecule has 33 heavy (non-hydrogen) atoms. The molecule has 2 aromatic rings. The summed E-state index contributed by atoms with van der Waals surface area (Å²) in [5.41, 5.74) is 3.09. The molecule has 1 unspecified atom stereocenters. The highest BCUT2D eigenvalue weighted by Crippen LogP contribution is 2.39. The first-order chi connectivity index (χ1) is 15.7. The van der Waals surface area contributed by atoms with Gasteiger partial charge in [0.25, 0.3) is 5.91 Å². The van der Waals surface area contributed by atoms with E-state index in [4.69, 9.17) is 0 Å². The number of carbonyl (C=O) groups excluding carboxylic acids is 2. The van der Waals surface area contributed by atoms with E-state index in [2.05, 4.69) is 49.9 Å². The molecule has 2 aliphatic rings. The van der Waals surface area contributed by atoms with Gasteiger partial charge < -0.3 is 9.80 Å². The molecule has 1 atom stereocenters. The molecule has 0 bridgehead atoms. The third-order valence-corrected chi connectivity index (χ3v) is 7.69. The molecule has 2 fully saturated rings. The second-order valence-corrected chi connectivity index (χ2v) is 10.8. The third kappa shape index (κ3) is 5.58. The molecule has 0 spiro atoms. The highest BCUT2D eigenvalue weighted by atomic mass is 32.2. The van der Waals surface area contributed by atoms with Crippen LogP contribution in [0.25, 0.3) is 0 Å². The first kappa shape index (κ1) is 23.8. The van der Waals surface area contributed by atoms with Crippen LogP contribution < -0.4 is 0 Å². The highest BCUT2D eigenvalue weighted by molar-refractivity contribution is 8.00. The predicted molar refractivity (Wildman–Crippen MR) is 131 cm³/mol. The van der Waals surface area contributed by atoms with Gasteiger partial charge in [-0.05, 0) is 40.8 Å². The van der Waals surface area contributed by atoms with E-state index in [1.807, 2.05) is 9.80 Å². The molecule has 0 saturated carbocycles. The summed E-state index contributed by atoms with van der Waals surface area (Å²) in [7, 11) is 0. The summed E-state index contributed by atoms with van der Waals surface area (Å²) < 4.78 is 13.1. The Kier molecular flexibility index (Phi) is 7.10. The fourth-order valence-electron chi connectivity index (χ4n) is 4.32. The van der Waals surface area contributed by atoms with Gasteiger partial charge in [-0.25, -0.2) is 4.39 Å². The standard InChI is InChI=1S/C26H32FN3O2S/c1-26(2,3)21-8-4-20(5-9-21)25-30(23(31)18-33-25)17-14-28-12-15-29(16-13-28)24(32)19-6-10-22(27)11-7-19/h4-11,25H,12-18H2,1-3H3. The van der Waals surface area contributed by atoms with Crippen molar-refractivity contribution in [3.63, 3.8) is 0 Å². The Morgan fingerprint density at radius 1 is 0.970 bits per heavy atom. The number of halogens is 1. The second-order valence-electron chi connectivity index (χ2n) is 9.76. The molecule has 0 aliphatic carbocycles. The summed E-state index contributed by atoms with van der Waals surface area (Å²) in [5, 5.41) is 0.0628. The van der Waals surface area contributed by atoms with Crippen LogP contribution in [0, 0.1) is 5.82 Å². The lowest BCUT2D eigenvalue weighted by Gasteiger charge is -2.36. The molecule has 2 aromatic carbocycles. The third-order valence-electron chi connectivity index (χ3n) is 6.44. The number of hydrogen-bond donors (Lipinski definition) is 0. The summed E-state index contributed by atoms with van der Waals surface area (Å²) in [4.78, 5) is 31.4. The van der Waals surface area contributed by atoms with Crippen LogP contribution in [0.4, 0.5) is 4.39 Å². The molecule has 2 amide bonds. The van der Waals surface area contributed by atoms with Crippen molar-refractivity contribution in [2.45, 2.75) is 31.6 Å². The molecule has 0 radical (unpaired) electrons. The van der Waals surface area contributed by atoms with E-state index in [1.165, 1.54) is 35.4 Å². The van der Waals surface area contributed by atoms with Crippen molar-refractivity contribution in [1.82, 2.24) is 14.7 Å². The van der Waals surface area contributed by atoms with E-state index in [-0.39, 0.29) is 28.4 Å². The van der Waals surface area contributed by atoms with Crippen LogP contribution in [-0.2, 0) is 10.2 Å². The number of amides is 2. The molecular formula is C26H32FN3O2S. The molecule has 2 saturated heterocycles. The minimum absolute atomic E-state index is 0.0560. The summed E-state index contributed by atoms with van der Waals surface area (Å²) in [6.45, 7) is 10.9. The monoisotopic (exact) mass is 469 g/mol. The van der Waals surface area contributed by atoms with E-state index in [9.17, 15) is 14.0 Å². The number of nitrogens with zero attached hydrogens (tertiary/aromatic N) is 3. The SMILES string of the molecule is CC(C)(C)c1ccc(C2SCC(=O)N2CCN2CCN(C(=O)c3ccc(F)cc3)CC2)cc1. The van der Waals surface area contributed by atoms with Gasteiger partial charge in [-0.15, -0.1) is 11.8 Å². The van der Waals surface area contributed by atoms with E-state index >= 15 is 0 Å². The average molecular weight is 470 g/mol. The number of carbonyl (C=O) groups is 2. The van der Waals surface area contributed by atoms with E-state index in [0.717, 1.165) is 19.6 Å². The van der Waals surface area contributed by atoms with Gasteiger partial charge in [-0.3, -0.25) is 14.5 Å². The average Bonchev–Trinajstić information content (AvgIpc) is 3.18. The van der Waals surface area contributed by atoms with E-state index in [1.54, 1.807) is 11.8 Å². The fourth-order valence-corrected chi connectivity index (χ4v) is 5.54. The molecule has 2 heterocycles. The van der Waals surface area contributed by atoms with Gasteiger partial charge in [-0.1, -0.05) is 45.0 Å². The van der Waals surface area contributed by atoms with Crippen LogP contribution in [0.2, 0.25) is 0 Å². The lowest BCUT2D eigenvalue weighted by molar-refractivity contribution is -0.128. The Balaban J connectivity index is 1.30. The fraction of sp³-hybridized carbons (Fsp3) is 0.462. The summed E-state index contributed by atoms with van der Waals surface area (Å²) >= 11 is 1.69. The van der Waals surface area contributed by atoms with Gasteiger partial charge in [0.05, 0.1) is 5.75 Å². The van der Waals surface area contributed by atoms with Gasteiger partial charge >= 0.3 is 0 Å². The number of thioether (sulfide) groups is 1. The number of hydrogen-bond acceptors (Lipinski definition) is 4. The van der Waals surface area contributed by atoms with Crippen LogP contribution >= 0.6 is 11.8 Å². The maximum atomic E-state index is 13.1. The molecule has 7 heteroatoms. The largest absolute Gasteiger partial charge is 0.336 e. The zero-order valence-corrected chi connectivity index (χ0v) is 20.4. The van der Waals surface area contributed by atoms with Crippen molar-refractivity contribution < 1.29 is 14.0 Å². The minimum atomic E-state index is -0.338. The van der Waals surface area contributed by atoms with Crippen LogP contribution in [0.15, 0.2) is 48.5 Å². The summed E-state index contributed by atoms with van der Waals surface area (Å²) in [5.74, 6) is 0.315. The van der Waals surface area contributed by atoms with Crippen molar-refractivity contribution in [2.24, 2.45) is 0 Å². The Bertz CT molecular complexity index is 980. The van der Waals surface area contributed by atoms with Crippen molar-refractivity contribution in [3.8, 4) is 0 Å². The Morgan fingerprint density at radius 2 is 1.61 bits per heavy atom. The van der Waals surface area contributed by atoms with Crippen LogP contribution in [-0.4, -0.2) is 71.5 Å². The van der Waals surface area contributed by atoms with Crippen LogP contribution in [0.1, 0.15) is 47.6 Å². The predicted octanol–water partition coefficient (Wildman–Crippen LogP) is 4.16. The maximum absolute atomic E-state index is 13.1. The number of rotatable bonds is 5. The van der Waals surface area contributed by atoms with Gasteiger partial charge in [0.2, 0.25) is 5.91 Å². The second kappa shape index (κ2) is 9.85. The van der Waals surface area contributed by atoms with E-state index < -0.39 is 0 Å². The van der Waals surface area contributed by atoms with Crippen molar-refractivity contribution in [1.29, 1.82) is 0 Å². The summed E-state index contributed by atoms with van der Waals surface area (Å²) in [6, 6.07) is 14.4. The zero-order valence-electron chi connectivity index (χ0n) is 19.6. The molecular weight excluding hydrogens is 437 g/mol. The quantitative estimate of drug-likeness (QED) is 0.660. The molecule has 176 valence electrons. The van der Waals surface area contributed by atoms with Crippen molar-refractivity contribution in [3.05, 3.63) is 71.0 Å². The Labute approximate surface area is 199 Å². The lowest BCUT2D eigenvalue weighted by atomic mass is 9.87. The lowest BCUT2D eigenvalue weighted by Crippen LogP contribution is -2.50. The normalized spacial score (nSPS) is 19.9. The number of benzene rings is 2.